The van der Waals surface area contributed by atoms with Gasteiger partial charge in [-0.25, -0.2) is 4.79 Å². The molecule has 0 aromatic heterocycles. The van der Waals surface area contributed by atoms with Gasteiger partial charge in [-0.2, -0.15) is 0 Å². The average Bonchev–Trinajstić information content (AvgIpc) is 2.87. The second-order valence-corrected chi connectivity index (χ2v) is 5.93. The molecule has 1 fully saturated rings. The molecule has 4 nitrogen and oxygen atoms in total. The van der Waals surface area contributed by atoms with Gasteiger partial charge in [-0.05, 0) is 37.0 Å². The van der Waals surface area contributed by atoms with E-state index in [2.05, 4.69) is 0 Å². The van der Waals surface area contributed by atoms with Gasteiger partial charge in [0.05, 0.1) is 0 Å². The molecule has 4 heteroatoms. The maximum absolute atomic E-state index is 12.5. The fraction of sp³-hybridized carbons (Fsp3) is 0.444. The Hall–Kier alpha value is -2.10. The quantitative estimate of drug-likeness (QED) is 0.857. The first-order chi connectivity index (χ1) is 10.7. The zero-order chi connectivity index (χ0) is 15.5. The molecule has 2 bridgehead atoms. The van der Waals surface area contributed by atoms with E-state index < -0.39 is 0 Å². The molecule has 1 aromatic rings. The van der Waals surface area contributed by atoms with Crippen LogP contribution in [-0.2, 0) is 4.79 Å². The van der Waals surface area contributed by atoms with Crippen LogP contribution in [0, 0.1) is 5.92 Å². The third-order valence-corrected chi connectivity index (χ3v) is 4.58. The van der Waals surface area contributed by atoms with Crippen molar-refractivity contribution < 1.29 is 14.3 Å². The van der Waals surface area contributed by atoms with E-state index in [0.29, 0.717) is 18.7 Å². The molecule has 1 aromatic carbocycles. The number of carbonyl (C=O) groups excluding carboxylic acids is 2. The lowest BCUT2D eigenvalue weighted by Gasteiger charge is -2.36. The van der Waals surface area contributed by atoms with Crippen molar-refractivity contribution in [3.8, 4) is 5.75 Å². The highest BCUT2D eigenvalue weighted by Gasteiger charge is 2.37. The predicted octanol–water partition coefficient (Wildman–Crippen LogP) is 3.58. The normalized spacial score (nSPS) is 23.7. The van der Waals surface area contributed by atoms with Gasteiger partial charge in [0.25, 0.3) is 0 Å². The van der Waals surface area contributed by atoms with E-state index >= 15 is 0 Å². The number of piperidine rings is 1. The predicted molar refractivity (Wildman–Crippen MR) is 83.7 cm³/mol. The van der Waals surface area contributed by atoms with Crippen LogP contribution in [0.25, 0.3) is 0 Å². The summed E-state index contributed by atoms with van der Waals surface area (Å²) in [4.78, 5) is 26.3. The minimum atomic E-state index is -0.306. The monoisotopic (exact) mass is 299 g/mol. The van der Waals surface area contributed by atoms with Crippen LogP contribution in [0.15, 0.2) is 42.0 Å². The first-order valence-corrected chi connectivity index (χ1v) is 7.95. The summed E-state index contributed by atoms with van der Waals surface area (Å²) in [5.74, 6) is 0.934. The molecule has 0 radical (unpaired) electrons. The molecule has 1 amide bonds. The maximum atomic E-state index is 12.5. The first kappa shape index (κ1) is 14.8. The van der Waals surface area contributed by atoms with Crippen molar-refractivity contribution in [1.82, 2.24) is 4.90 Å². The molecule has 116 valence electrons. The summed E-state index contributed by atoms with van der Waals surface area (Å²) in [5, 5.41) is 0. The van der Waals surface area contributed by atoms with Crippen LogP contribution < -0.4 is 4.74 Å². The number of rotatable bonds is 3. The lowest BCUT2D eigenvalue weighted by Crippen LogP contribution is -2.47. The second-order valence-electron chi connectivity index (χ2n) is 5.93. The van der Waals surface area contributed by atoms with Gasteiger partial charge in [-0.1, -0.05) is 31.2 Å². The molecule has 1 saturated heterocycles. The summed E-state index contributed by atoms with van der Waals surface area (Å²) in [5.41, 5.74) is 0.917. The number of hydrogen-bond donors (Lipinski definition) is 0. The highest BCUT2D eigenvalue weighted by molar-refractivity contribution is 5.95. The Labute approximate surface area is 130 Å². The Bertz CT molecular complexity index is 594. The second kappa shape index (κ2) is 6.34. The number of ether oxygens (including phenoxy) is 1. The fourth-order valence-corrected chi connectivity index (χ4v) is 3.37. The standard InChI is InChI=1S/C18H21NO3/c1-2-17(20)16-11-10-14-9-8-13(16)12-19(14)18(21)22-15-6-4-3-5-7-15/h3-7,11,13-14H,2,8-10,12H2,1H3. The largest absolute Gasteiger partial charge is 0.415 e. The molecule has 2 heterocycles. The Kier molecular flexibility index (Phi) is 4.27. The lowest BCUT2D eigenvalue weighted by molar-refractivity contribution is -0.115. The molecule has 0 N–H and O–H groups in total. The van der Waals surface area contributed by atoms with E-state index in [0.717, 1.165) is 24.8 Å². The Morgan fingerprint density at radius 3 is 2.73 bits per heavy atom. The van der Waals surface area contributed by atoms with E-state index in [9.17, 15) is 9.59 Å². The number of carbonyl (C=O) groups is 2. The smallest absolute Gasteiger partial charge is 0.410 e. The summed E-state index contributed by atoms with van der Waals surface area (Å²) in [6.45, 7) is 2.48. The van der Waals surface area contributed by atoms with E-state index in [4.69, 9.17) is 4.74 Å². The number of fused-ring (bicyclic) bond motifs is 3. The van der Waals surface area contributed by atoms with Gasteiger partial charge in [0.2, 0.25) is 0 Å². The van der Waals surface area contributed by atoms with E-state index in [1.54, 1.807) is 17.0 Å². The van der Waals surface area contributed by atoms with Gasteiger partial charge in [-0.15, -0.1) is 0 Å². The fourth-order valence-electron chi connectivity index (χ4n) is 3.37. The average molecular weight is 299 g/mol. The van der Waals surface area contributed by atoms with Crippen LogP contribution in [0.1, 0.15) is 32.6 Å². The molecular formula is C18H21NO3. The van der Waals surface area contributed by atoms with Gasteiger partial charge in [0.15, 0.2) is 5.78 Å². The van der Waals surface area contributed by atoms with Crippen LogP contribution in [0.3, 0.4) is 0 Å². The van der Waals surface area contributed by atoms with E-state index in [-0.39, 0.29) is 23.8 Å². The molecule has 2 aliphatic heterocycles. The summed E-state index contributed by atoms with van der Waals surface area (Å²) in [7, 11) is 0. The number of Topliss-reactive ketones (excluding diaryl/α,β-unsaturated/α-hetero) is 1. The van der Waals surface area contributed by atoms with Crippen molar-refractivity contribution in [2.75, 3.05) is 6.54 Å². The SMILES string of the molecule is CCC(=O)C1=CCC2CCC1CN2C(=O)Oc1ccccc1. The molecule has 2 unspecified atom stereocenters. The highest BCUT2D eigenvalue weighted by Crippen LogP contribution is 2.34. The van der Waals surface area contributed by atoms with Crippen molar-refractivity contribution in [1.29, 1.82) is 0 Å². The van der Waals surface area contributed by atoms with Crippen LogP contribution in [0.5, 0.6) is 5.75 Å². The molecule has 1 aliphatic carbocycles. The highest BCUT2D eigenvalue weighted by atomic mass is 16.6. The minimum absolute atomic E-state index is 0.148. The topological polar surface area (TPSA) is 46.6 Å². The number of amides is 1. The summed E-state index contributed by atoms with van der Waals surface area (Å²) >= 11 is 0. The van der Waals surface area contributed by atoms with Crippen molar-refractivity contribution in [2.24, 2.45) is 5.92 Å². The molecule has 4 rings (SSSR count). The minimum Gasteiger partial charge on any atom is -0.410 e. The van der Waals surface area contributed by atoms with Crippen LogP contribution >= 0.6 is 0 Å². The van der Waals surface area contributed by atoms with Crippen molar-refractivity contribution in [3.63, 3.8) is 0 Å². The van der Waals surface area contributed by atoms with Crippen LogP contribution in [0.2, 0.25) is 0 Å². The van der Waals surface area contributed by atoms with Crippen molar-refractivity contribution >= 4 is 11.9 Å². The van der Waals surface area contributed by atoms with E-state index in [1.165, 1.54) is 0 Å². The number of ketones is 1. The molecule has 0 saturated carbocycles. The van der Waals surface area contributed by atoms with Gasteiger partial charge >= 0.3 is 6.09 Å². The third kappa shape index (κ3) is 2.91. The summed E-state index contributed by atoms with van der Waals surface area (Å²) in [6, 6.07) is 9.27. The Balaban J connectivity index is 1.72. The van der Waals surface area contributed by atoms with E-state index in [1.807, 2.05) is 31.2 Å². The lowest BCUT2D eigenvalue weighted by atomic mass is 9.88. The summed E-state index contributed by atoms with van der Waals surface area (Å²) < 4.78 is 5.46. The molecule has 3 aliphatic rings. The first-order valence-electron chi connectivity index (χ1n) is 7.95. The molecule has 2 atom stereocenters. The van der Waals surface area contributed by atoms with Gasteiger partial charge in [0, 0.05) is 24.9 Å². The zero-order valence-corrected chi connectivity index (χ0v) is 12.8. The number of para-hydroxylation sites is 1. The Morgan fingerprint density at radius 1 is 1.23 bits per heavy atom. The van der Waals surface area contributed by atoms with Crippen LogP contribution in [-0.4, -0.2) is 29.4 Å². The van der Waals surface area contributed by atoms with Crippen molar-refractivity contribution in [2.45, 2.75) is 38.6 Å². The van der Waals surface area contributed by atoms with Gasteiger partial charge in [-0.3, -0.25) is 4.79 Å². The summed E-state index contributed by atoms with van der Waals surface area (Å²) in [6.07, 6.45) is 4.94. The molecule has 22 heavy (non-hydrogen) atoms. The number of benzene rings is 1. The zero-order valence-electron chi connectivity index (χ0n) is 12.8. The number of hydrogen-bond acceptors (Lipinski definition) is 3. The van der Waals surface area contributed by atoms with Crippen molar-refractivity contribution in [3.05, 3.63) is 42.0 Å². The maximum Gasteiger partial charge on any atom is 0.415 e. The Morgan fingerprint density at radius 2 is 2.00 bits per heavy atom. The molecular weight excluding hydrogens is 278 g/mol. The number of nitrogens with zero attached hydrogens (tertiary/aromatic N) is 1. The molecule has 0 spiro atoms. The van der Waals surface area contributed by atoms with Gasteiger partial charge < -0.3 is 9.64 Å². The van der Waals surface area contributed by atoms with Crippen LogP contribution in [0.4, 0.5) is 4.79 Å². The van der Waals surface area contributed by atoms with Gasteiger partial charge in [0.1, 0.15) is 5.75 Å². The third-order valence-electron chi connectivity index (χ3n) is 4.58.